The smallest absolute Gasteiger partial charge is 0.250 e. The quantitative estimate of drug-likeness (QED) is 0.811. The topological polar surface area (TPSA) is 58.2 Å². The fourth-order valence-corrected chi connectivity index (χ4v) is 5.00. The van der Waals surface area contributed by atoms with Crippen LogP contribution in [0.5, 0.6) is 0 Å². The predicted octanol–water partition coefficient (Wildman–Crippen LogP) is 3.09. The largest absolute Gasteiger partial charge is 0.310 e. The molecule has 0 unspecified atom stereocenters. The number of thiophene rings is 2. The fourth-order valence-electron chi connectivity index (χ4n) is 1.72. The molecule has 0 atom stereocenters. The van der Waals surface area contributed by atoms with Gasteiger partial charge in [0.15, 0.2) is 0 Å². The average molecular weight is 345 g/mol. The van der Waals surface area contributed by atoms with E-state index in [-0.39, 0.29) is 0 Å². The molecule has 116 valence electrons. The summed E-state index contributed by atoms with van der Waals surface area (Å²) in [7, 11) is -3.42. The number of hydrogen-bond acceptors (Lipinski definition) is 5. The van der Waals surface area contributed by atoms with Crippen molar-refractivity contribution in [1.29, 1.82) is 0 Å². The first-order valence-electron chi connectivity index (χ1n) is 6.73. The van der Waals surface area contributed by atoms with Gasteiger partial charge in [-0.3, -0.25) is 0 Å². The average Bonchev–Trinajstić information content (AvgIpc) is 3.03. The molecule has 2 N–H and O–H groups in total. The summed E-state index contributed by atoms with van der Waals surface area (Å²) in [5, 5.41) is 5.26. The van der Waals surface area contributed by atoms with Gasteiger partial charge in [0.2, 0.25) is 10.0 Å². The van der Waals surface area contributed by atoms with Gasteiger partial charge in [0.1, 0.15) is 4.21 Å². The Kier molecular flexibility index (Phi) is 5.56. The molecule has 2 aromatic rings. The van der Waals surface area contributed by atoms with Gasteiger partial charge in [-0.2, -0.15) is 0 Å². The van der Waals surface area contributed by atoms with Crippen LogP contribution in [0.4, 0.5) is 0 Å². The highest BCUT2D eigenvalue weighted by Crippen LogP contribution is 2.22. The van der Waals surface area contributed by atoms with Crippen LogP contribution in [0.3, 0.4) is 0 Å². The molecule has 0 fully saturated rings. The molecule has 0 saturated heterocycles. The lowest BCUT2D eigenvalue weighted by Crippen LogP contribution is -2.22. The molecule has 21 heavy (non-hydrogen) atoms. The number of rotatable bonds is 7. The minimum Gasteiger partial charge on any atom is -0.310 e. The SMILES string of the molecule is Cc1ccsc1CNS(=O)(=O)c1ccc(CNC(C)C)s1. The van der Waals surface area contributed by atoms with Crippen LogP contribution in [0.1, 0.15) is 29.2 Å². The van der Waals surface area contributed by atoms with Gasteiger partial charge in [-0.25, -0.2) is 13.1 Å². The molecular formula is C14H20N2O2S3. The van der Waals surface area contributed by atoms with Gasteiger partial charge < -0.3 is 5.32 Å². The van der Waals surface area contributed by atoms with E-state index in [4.69, 9.17) is 0 Å². The summed E-state index contributed by atoms with van der Waals surface area (Å²) in [6, 6.07) is 5.92. The summed E-state index contributed by atoms with van der Waals surface area (Å²) < 4.78 is 27.6. The first kappa shape index (κ1) is 16.6. The van der Waals surface area contributed by atoms with Crippen molar-refractivity contribution >= 4 is 32.7 Å². The molecule has 2 heterocycles. The van der Waals surface area contributed by atoms with E-state index < -0.39 is 10.0 Å². The van der Waals surface area contributed by atoms with E-state index in [0.717, 1.165) is 15.3 Å². The van der Waals surface area contributed by atoms with Crippen LogP contribution < -0.4 is 10.0 Å². The maximum atomic E-state index is 12.3. The van der Waals surface area contributed by atoms with Crippen LogP contribution >= 0.6 is 22.7 Å². The van der Waals surface area contributed by atoms with Crippen molar-refractivity contribution in [2.45, 2.75) is 44.1 Å². The van der Waals surface area contributed by atoms with E-state index in [0.29, 0.717) is 23.3 Å². The molecule has 0 aliphatic heterocycles. The van der Waals surface area contributed by atoms with Crippen molar-refractivity contribution in [3.63, 3.8) is 0 Å². The van der Waals surface area contributed by atoms with Crippen molar-refractivity contribution in [2.24, 2.45) is 0 Å². The summed E-state index contributed by atoms with van der Waals surface area (Å²) in [5.41, 5.74) is 1.12. The van der Waals surface area contributed by atoms with Gasteiger partial charge >= 0.3 is 0 Å². The summed E-state index contributed by atoms with van der Waals surface area (Å²) in [5.74, 6) is 0. The molecule has 0 spiro atoms. The molecule has 4 nitrogen and oxygen atoms in total. The van der Waals surface area contributed by atoms with Crippen molar-refractivity contribution in [1.82, 2.24) is 10.0 Å². The number of hydrogen-bond donors (Lipinski definition) is 2. The zero-order valence-corrected chi connectivity index (χ0v) is 14.8. The minimum atomic E-state index is -3.42. The summed E-state index contributed by atoms with van der Waals surface area (Å²) >= 11 is 2.88. The van der Waals surface area contributed by atoms with Crippen LogP contribution in [0.15, 0.2) is 27.8 Å². The molecule has 0 saturated carbocycles. The molecule has 2 rings (SSSR count). The highest BCUT2D eigenvalue weighted by atomic mass is 32.2. The normalized spacial score (nSPS) is 12.2. The lowest BCUT2D eigenvalue weighted by atomic mass is 10.3. The minimum absolute atomic E-state index is 0.351. The van der Waals surface area contributed by atoms with E-state index in [2.05, 4.69) is 23.9 Å². The second-order valence-electron chi connectivity index (χ2n) is 5.11. The molecular weight excluding hydrogens is 324 g/mol. The van der Waals surface area contributed by atoms with Gasteiger partial charge in [0.25, 0.3) is 0 Å². The molecule has 7 heteroatoms. The standard InChI is InChI=1S/C14H20N2O2S3/c1-10(2)15-8-12-4-5-14(20-12)21(17,18)16-9-13-11(3)6-7-19-13/h4-7,10,15-16H,8-9H2,1-3H3. The first-order valence-corrected chi connectivity index (χ1v) is 9.91. The molecule has 2 aromatic heterocycles. The van der Waals surface area contributed by atoms with Gasteiger partial charge in [-0.15, -0.1) is 22.7 Å². The van der Waals surface area contributed by atoms with Gasteiger partial charge in [-0.1, -0.05) is 13.8 Å². The Morgan fingerprint density at radius 1 is 1.19 bits per heavy atom. The summed E-state index contributed by atoms with van der Waals surface area (Å²) in [6.45, 7) is 7.17. The highest BCUT2D eigenvalue weighted by Gasteiger charge is 2.17. The maximum absolute atomic E-state index is 12.3. The highest BCUT2D eigenvalue weighted by molar-refractivity contribution is 7.91. The number of nitrogens with one attached hydrogen (secondary N) is 2. The summed E-state index contributed by atoms with van der Waals surface area (Å²) in [6.07, 6.45) is 0. The van der Waals surface area contributed by atoms with Crippen LogP contribution in [0.2, 0.25) is 0 Å². The Balaban J connectivity index is 2.01. The Morgan fingerprint density at radius 2 is 1.95 bits per heavy atom. The number of aryl methyl sites for hydroxylation is 1. The predicted molar refractivity (Wildman–Crippen MR) is 89.4 cm³/mol. The van der Waals surface area contributed by atoms with E-state index in [1.807, 2.05) is 24.4 Å². The second-order valence-corrected chi connectivity index (χ2v) is 9.27. The van der Waals surface area contributed by atoms with E-state index >= 15 is 0 Å². The fraction of sp³-hybridized carbons (Fsp3) is 0.429. The third-order valence-electron chi connectivity index (χ3n) is 2.98. The van der Waals surface area contributed by atoms with Gasteiger partial charge in [0, 0.05) is 28.9 Å². The van der Waals surface area contributed by atoms with E-state index in [1.54, 1.807) is 17.4 Å². The van der Waals surface area contributed by atoms with Crippen molar-refractivity contribution < 1.29 is 8.42 Å². The van der Waals surface area contributed by atoms with Crippen LogP contribution in [0, 0.1) is 6.92 Å². The molecule has 0 aliphatic carbocycles. The van der Waals surface area contributed by atoms with Gasteiger partial charge in [-0.05, 0) is 36.1 Å². The van der Waals surface area contributed by atoms with Crippen LogP contribution in [-0.2, 0) is 23.1 Å². The van der Waals surface area contributed by atoms with E-state index in [9.17, 15) is 8.42 Å². The third kappa shape index (κ3) is 4.62. The number of sulfonamides is 1. The summed E-state index contributed by atoms with van der Waals surface area (Å²) in [4.78, 5) is 2.08. The van der Waals surface area contributed by atoms with Crippen molar-refractivity contribution in [2.75, 3.05) is 0 Å². The molecule has 0 bridgehead atoms. The van der Waals surface area contributed by atoms with E-state index in [1.165, 1.54) is 11.3 Å². The lowest BCUT2D eigenvalue weighted by molar-refractivity contribution is 0.584. The Labute approximate surface area is 134 Å². The van der Waals surface area contributed by atoms with Gasteiger partial charge in [0.05, 0.1) is 0 Å². The zero-order valence-electron chi connectivity index (χ0n) is 12.3. The third-order valence-corrected chi connectivity index (χ3v) is 6.98. The monoisotopic (exact) mass is 344 g/mol. The van der Waals surface area contributed by atoms with Crippen LogP contribution in [-0.4, -0.2) is 14.5 Å². The Morgan fingerprint density at radius 3 is 2.57 bits per heavy atom. The molecule has 0 aliphatic rings. The second kappa shape index (κ2) is 7.02. The molecule has 0 aromatic carbocycles. The lowest BCUT2D eigenvalue weighted by Gasteiger charge is -2.06. The van der Waals surface area contributed by atoms with Crippen molar-refractivity contribution in [3.05, 3.63) is 38.9 Å². The molecule has 0 radical (unpaired) electrons. The first-order chi connectivity index (χ1) is 9.88. The molecule has 0 amide bonds. The Bertz CT molecular complexity index is 687. The van der Waals surface area contributed by atoms with Crippen molar-refractivity contribution in [3.8, 4) is 0 Å². The maximum Gasteiger partial charge on any atom is 0.250 e. The zero-order chi connectivity index (χ0) is 15.5. The van der Waals surface area contributed by atoms with Crippen LogP contribution in [0.25, 0.3) is 0 Å². The Hall–Kier alpha value is -0.730.